The van der Waals surface area contributed by atoms with Crippen molar-refractivity contribution in [3.63, 3.8) is 0 Å². The Morgan fingerprint density at radius 1 is 0.717 bits per heavy atom. The fraction of sp³-hybridized carbons (Fsp3) is 0.400. The van der Waals surface area contributed by atoms with Crippen LogP contribution >= 0.6 is 0 Å². The van der Waals surface area contributed by atoms with Gasteiger partial charge < -0.3 is 19.4 Å². The van der Waals surface area contributed by atoms with Gasteiger partial charge in [0.05, 0.1) is 0 Å². The van der Waals surface area contributed by atoms with Crippen molar-refractivity contribution in [1.29, 1.82) is 0 Å². The number of nitrogens with zero attached hydrogens (tertiary/aromatic N) is 4. The van der Waals surface area contributed by atoms with E-state index in [1.54, 1.807) is 0 Å². The van der Waals surface area contributed by atoms with Crippen molar-refractivity contribution < 1.29 is 19.1 Å². The molecule has 6 rings (SSSR count). The molecule has 4 aromatic carbocycles. The van der Waals surface area contributed by atoms with Gasteiger partial charge in [-0.3, -0.25) is 19.3 Å². The van der Waals surface area contributed by atoms with E-state index in [1.165, 1.54) is 5.56 Å². The first-order chi connectivity index (χ1) is 25.8. The third kappa shape index (κ3) is 8.49. The van der Waals surface area contributed by atoms with E-state index >= 15 is 0 Å². The van der Waals surface area contributed by atoms with Crippen molar-refractivity contribution in [2.75, 3.05) is 59.0 Å². The van der Waals surface area contributed by atoms with Crippen LogP contribution in [0.3, 0.4) is 0 Å². The van der Waals surface area contributed by atoms with Gasteiger partial charge >= 0.3 is 0 Å². The lowest BCUT2D eigenvalue weighted by Gasteiger charge is -2.48. The molecule has 1 spiro atoms. The standard InChI is InChI=1S/C45H54N4O4/c1-5-47(6-2)42(50)36-22-20-34(21-23-36)30-37-15-9-12-19-41(37)53-29-28-46-26-24-45(25-27-46)33-49(44(52)39-17-10-11-18-40(39)45)32-35-14-13-16-38(31-35)43(51)48(7-3)8-4/h9-23,31H,5-8,24-30,32-33H2,1-4H3. The number of benzene rings is 4. The highest BCUT2D eigenvalue weighted by Crippen LogP contribution is 2.42. The summed E-state index contributed by atoms with van der Waals surface area (Å²) in [6, 6.07) is 32.1. The molecule has 4 aromatic rings. The van der Waals surface area contributed by atoms with Gasteiger partial charge in [-0.1, -0.05) is 60.7 Å². The SMILES string of the molecule is CCN(CC)C(=O)c1ccc(Cc2ccccc2OCCN2CCC3(CC2)CN(Cc2cccc(C(=O)N(CC)CC)c2)C(=O)c2ccccc23)cc1. The smallest absolute Gasteiger partial charge is 0.254 e. The molecular weight excluding hydrogens is 661 g/mol. The number of fused-ring (bicyclic) bond motifs is 2. The molecule has 3 amide bonds. The van der Waals surface area contributed by atoms with E-state index in [4.69, 9.17) is 4.74 Å². The van der Waals surface area contributed by atoms with Crippen molar-refractivity contribution in [3.8, 4) is 5.75 Å². The second-order valence-electron chi connectivity index (χ2n) is 14.3. The van der Waals surface area contributed by atoms with Crippen LogP contribution in [0.15, 0.2) is 97.1 Å². The minimum absolute atomic E-state index is 0.0263. The maximum Gasteiger partial charge on any atom is 0.254 e. The van der Waals surface area contributed by atoms with Gasteiger partial charge in [0.1, 0.15) is 12.4 Å². The molecular formula is C45H54N4O4. The molecule has 2 aliphatic heterocycles. The summed E-state index contributed by atoms with van der Waals surface area (Å²) in [6.45, 7) is 15.1. The number of likely N-dealkylation sites (tertiary alicyclic amines) is 1. The van der Waals surface area contributed by atoms with Crippen molar-refractivity contribution in [1.82, 2.24) is 19.6 Å². The molecule has 0 saturated carbocycles. The molecule has 2 heterocycles. The molecule has 0 radical (unpaired) electrons. The summed E-state index contributed by atoms with van der Waals surface area (Å²) in [6.07, 6.45) is 2.64. The monoisotopic (exact) mass is 714 g/mol. The summed E-state index contributed by atoms with van der Waals surface area (Å²) in [5.74, 6) is 1.05. The van der Waals surface area contributed by atoms with Crippen molar-refractivity contribution in [2.24, 2.45) is 0 Å². The third-order valence-electron chi connectivity index (χ3n) is 11.2. The van der Waals surface area contributed by atoms with Gasteiger partial charge in [0, 0.05) is 74.3 Å². The minimum atomic E-state index is -0.116. The number of carbonyl (C=O) groups is 3. The Balaban J connectivity index is 1.07. The lowest BCUT2D eigenvalue weighted by atomic mass is 9.68. The van der Waals surface area contributed by atoms with E-state index in [1.807, 2.05) is 121 Å². The third-order valence-corrected chi connectivity index (χ3v) is 11.2. The summed E-state index contributed by atoms with van der Waals surface area (Å²) in [5.41, 5.74) is 6.47. The Morgan fingerprint density at radius 3 is 2.06 bits per heavy atom. The van der Waals surface area contributed by atoms with E-state index in [9.17, 15) is 14.4 Å². The molecule has 1 saturated heterocycles. The maximum absolute atomic E-state index is 13.8. The predicted octanol–water partition coefficient (Wildman–Crippen LogP) is 7.31. The summed E-state index contributed by atoms with van der Waals surface area (Å²) >= 11 is 0. The molecule has 0 N–H and O–H groups in total. The zero-order valence-corrected chi connectivity index (χ0v) is 31.9. The average molecular weight is 715 g/mol. The maximum atomic E-state index is 13.8. The molecule has 0 aromatic heterocycles. The Bertz CT molecular complexity index is 1870. The van der Waals surface area contributed by atoms with Crippen LogP contribution < -0.4 is 4.74 Å². The van der Waals surface area contributed by atoms with E-state index in [-0.39, 0.29) is 23.1 Å². The Kier molecular flexibility index (Phi) is 12.3. The number of carbonyl (C=O) groups excluding carboxylic acids is 3. The minimum Gasteiger partial charge on any atom is -0.492 e. The van der Waals surface area contributed by atoms with Gasteiger partial charge in [0.15, 0.2) is 0 Å². The summed E-state index contributed by atoms with van der Waals surface area (Å²) in [5, 5.41) is 0. The van der Waals surface area contributed by atoms with Gasteiger partial charge in [0.25, 0.3) is 17.7 Å². The van der Waals surface area contributed by atoms with Gasteiger partial charge in [-0.25, -0.2) is 0 Å². The fourth-order valence-corrected chi connectivity index (χ4v) is 8.05. The average Bonchev–Trinajstić information content (AvgIpc) is 3.19. The molecule has 0 unspecified atom stereocenters. The molecule has 2 aliphatic rings. The first-order valence-electron chi connectivity index (χ1n) is 19.4. The molecule has 278 valence electrons. The van der Waals surface area contributed by atoms with Gasteiger partial charge in [-0.2, -0.15) is 0 Å². The number of para-hydroxylation sites is 1. The van der Waals surface area contributed by atoms with Crippen LogP contribution in [0.5, 0.6) is 5.75 Å². The van der Waals surface area contributed by atoms with Gasteiger partial charge in [-0.15, -0.1) is 0 Å². The van der Waals surface area contributed by atoms with Crippen LogP contribution in [0, 0.1) is 0 Å². The highest BCUT2D eigenvalue weighted by atomic mass is 16.5. The molecule has 0 bridgehead atoms. The zero-order chi connectivity index (χ0) is 37.4. The van der Waals surface area contributed by atoms with Crippen molar-refractivity contribution >= 4 is 17.7 Å². The first kappa shape index (κ1) is 37.8. The highest BCUT2D eigenvalue weighted by Gasteiger charge is 2.44. The number of ether oxygens (including phenoxy) is 1. The van der Waals surface area contributed by atoms with Crippen LogP contribution in [0.4, 0.5) is 0 Å². The largest absolute Gasteiger partial charge is 0.492 e. The van der Waals surface area contributed by atoms with E-state index < -0.39 is 0 Å². The van der Waals surface area contributed by atoms with E-state index in [2.05, 4.69) is 23.1 Å². The second-order valence-corrected chi connectivity index (χ2v) is 14.3. The number of hydrogen-bond acceptors (Lipinski definition) is 5. The summed E-state index contributed by atoms with van der Waals surface area (Å²) in [7, 11) is 0. The van der Waals surface area contributed by atoms with Crippen LogP contribution in [-0.2, 0) is 18.4 Å². The van der Waals surface area contributed by atoms with Crippen LogP contribution in [0.1, 0.15) is 93.9 Å². The normalized spacial score (nSPS) is 15.2. The summed E-state index contributed by atoms with van der Waals surface area (Å²) in [4.78, 5) is 47.8. The lowest BCUT2D eigenvalue weighted by molar-refractivity contribution is 0.0551. The number of hydrogen-bond donors (Lipinski definition) is 0. The van der Waals surface area contributed by atoms with Crippen molar-refractivity contribution in [3.05, 3.63) is 136 Å². The topological polar surface area (TPSA) is 73.4 Å². The summed E-state index contributed by atoms with van der Waals surface area (Å²) < 4.78 is 6.40. The van der Waals surface area contributed by atoms with Crippen molar-refractivity contribution in [2.45, 2.75) is 58.9 Å². The zero-order valence-electron chi connectivity index (χ0n) is 31.9. The number of rotatable bonds is 14. The number of amides is 3. The molecule has 8 nitrogen and oxygen atoms in total. The highest BCUT2D eigenvalue weighted by molar-refractivity contribution is 5.98. The Morgan fingerprint density at radius 2 is 1.36 bits per heavy atom. The number of piperidine rings is 1. The van der Waals surface area contributed by atoms with E-state index in [0.717, 1.165) is 72.5 Å². The van der Waals surface area contributed by atoms with Gasteiger partial charge in [0.2, 0.25) is 0 Å². The van der Waals surface area contributed by atoms with E-state index in [0.29, 0.717) is 51.4 Å². The Labute approximate surface area is 315 Å². The second kappa shape index (κ2) is 17.3. The quantitative estimate of drug-likeness (QED) is 0.137. The van der Waals surface area contributed by atoms with Crippen LogP contribution in [0.25, 0.3) is 0 Å². The predicted molar refractivity (Wildman–Crippen MR) is 211 cm³/mol. The van der Waals surface area contributed by atoms with Crippen LogP contribution in [0.2, 0.25) is 0 Å². The molecule has 53 heavy (non-hydrogen) atoms. The molecule has 1 fully saturated rings. The molecule has 0 aliphatic carbocycles. The molecule has 8 heteroatoms. The Hall–Kier alpha value is -4.95. The first-order valence-corrected chi connectivity index (χ1v) is 19.4. The lowest BCUT2D eigenvalue weighted by Crippen LogP contribution is -2.54. The van der Waals surface area contributed by atoms with Gasteiger partial charge in [-0.05, 0) is 112 Å². The fourth-order valence-electron chi connectivity index (χ4n) is 8.05. The molecule has 0 atom stereocenters. The van der Waals surface area contributed by atoms with Crippen LogP contribution in [-0.4, -0.2) is 96.3 Å².